The number of para-hydroxylation sites is 1. The van der Waals surface area contributed by atoms with Gasteiger partial charge in [-0.25, -0.2) is 5.84 Å². The van der Waals surface area contributed by atoms with Crippen molar-refractivity contribution in [3.05, 3.63) is 84.4 Å². The summed E-state index contributed by atoms with van der Waals surface area (Å²) in [4.78, 5) is 11.5. The van der Waals surface area contributed by atoms with Crippen LogP contribution in [-0.4, -0.2) is 19.1 Å². The smallest absolute Gasteiger partial charge is 0.265 e. The van der Waals surface area contributed by atoms with E-state index in [0.717, 1.165) is 29.0 Å². The maximum atomic E-state index is 11.5. The molecule has 0 radical (unpaired) electrons. The van der Waals surface area contributed by atoms with Gasteiger partial charge in [0.05, 0.1) is 13.2 Å². The van der Waals surface area contributed by atoms with Gasteiger partial charge in [-0.05, 0) is 47.5 Å². The molecular weight excluding hydrogens is 340 g/mol. The molecule has 0 saturated carbocycles. The van der Waals surface area contributed by atoms with Gasteiger partial charge in [-0.1, -0.05) is 42.5 Å². The molecule has 5 nitrogen and oxygen atoms in total. The van der Waals surface area contributed by atoms with E-state index in [4.69, 9.17) is 15.3 Å². The van der Waals surface area contributed by atoms with Gasteiger partial charge in [0.2, 0.25) is 0 Å². The second-order valence-electron chi connectivity index (χ2n) is 5.94. The van der Waals surface area contributed by atoms with Gasteiger partial charge in [-0.15, -0.1) is 0 Å². The topological polar surface area (TPSA) is 73.6 Å². The predicted octanol–water partition coefficient (Wildman–Crippen LogP) is 3.81. The Kier molecular flexibility index (Phi) is 6.44. The van der Waals surface area contributed by atoms with E-state index < -0.39 is 0 Å². The summed E-state index contributed by atoms with van der Waals surface area (Å²) in [6.45, 7) is 1.21. The molecule has 27 heavy (non-hydrogen) atoms. The molecule has 1 amide bonds. The van der Waals surface area contributed by atoms with Crippen molar-refractivity contribution in [3.63, 3.8) is 0 Å². The molecule has 0 fully saturated rings. The minimum absolute atomic E-state index is 0.304. The third-order valence-corrected chi connectivity index (χ3v) is 4.04. The molecule has 5 heteroatoms. The van der Waals surface area contributed by atoms with Crippen LogP contribution in [-0.2, 0) is 0 Å². The normalized spacial score (nSPS) is 10.3. The van der Waals surface area contributed by atoms with Gasteiger partial charge in [-0.2, -0.15) is 0 Å². The van der Waals surface area contributed by atoms with Crippen LogP contribution in [0.4, 0.5) is 0 Å². The molecule has 0 bridgehead atoms. The van der Waals surface area contributed by atoms with Crippen LogP contribution in [0.1, 0.15) is 16.8 Å². The summed E-state index contributed by atoms with van der Waals surface area (Å²) < 4.78 is 11.4. The lowest BCUT2D eigenvalue weighted by Crippen LogP contribution is -2.29. The van der Waals surface area contributed by atoms with Crippen LogP contribution >= 0.6 is 0 Å². The Hall–Kier alpha value is -3.31. The third kappa shape index (κ3) is 5.33. The van der Waals surface area contributed by atoms with Gasteiger partial charge in [0, 0.05) is 12.0 Å². The van der Waals surface area contributed by atoms with Gasteiger partial charge < -0.3 is 9.47 Å². The summed E-state index contributed by atoms with van der Waals surface area (Å²) in [5.41, 5.74) is 4.72. The molecule has 0 aliphatic heterocycles. The number of carbonyl (C=O) groups excluding carboxylic acids is 1. The van der Waals surface area contributed by atoms with Crippen LogP contribution in [0.2, 0.25) is 0 Å². The lowest BCUT2D eigenvalue weighted by Gasteiger charge is -2.09. The van der Waals surface area contributed by atoms with Crippen LogP contribution in [0.25, 0.3) is 11.1 Å². The van der Waals surface area contributed by atoms with Crippen LogP contribution in [0.5, 0.6) is 11.5 Å². The zero-order valence-corrected chi connectivity index (χ0v) is 14.9. The number of hydrazine groups is 1. The molecule has 0 unspecified atom stereocenters. The number of hydrogen-bond acceptors (Lipinski definition) is 4. The van der Waals surface area contributed by atoms with Gasteiger partial charge in [0.15, 0.2) is 0 Å². The molecule has 0 heterocycles. The Morgan fingerprint density at radius 2 is 1.26 bits per heavy atom. The largest absolute Gasteiger partial charge is 0.493 e. The lowest BCUT2D eigenvalue weighted by molar-refractivity contribution is 0.0953. The number of benzene rings is 3. The van der Waals surface area contributed by atoms with E-state index in [-0.39, 0.29) is 5.91 Å². The number of hydrogen-bond donors (Lipinski definition) is 2. The van der Waals surface area contributed by atoms with E-state index in [1.807, 2.05) is 66.7 Å². The van der Waals surface area contributed by atoms with Crippen molar-refractivity contribution >= 4 is 5.91 Å². The zero-order valence-electron chi connectivity index (χ0n) is 14.9. The molecule has 0 saturated heterocycles. The molecule has 0 spiro atoms. The van der Waals surface area contributed by atoms with Gasteiger partial charge >= 0.3 is 0 Å². The summed E-state index contributed by atoms with van der Waals surface area (Å²) in [5, 5.41) is 0. The minimum atomic E-state index is -0.304. The number of ether oxygens (including phenoxy) is 2. The molecule has 3 aromatic rings. The van der Waals surface area contributed by atoms with Crippen molar-refractivity contribution < 1.29 is 14.3 Å². The fourth-order valence-electron chi connectivity index (χ4n) is 2.60. The highest BCUT2D eigenvalue weighted by Crippen LogP contribution is 2.23. The second-order valence-corrected chi connectivity index (χ2v) is 5.94. The fraction of sp³-hybridized carbons (Fsp3) is 0.136. The molecule has 3 rings (SSSR count). The Morgan fingerprint density at radius 1 is 0.741 bits per heavy atom. The Bertz CT molecular complexity index is 847. The minimum Gasteiger partial charge on any atom is -0.493 e. The van der Waals surface area contributed by atoms with Crippen molar-refractivity contribution in [2.24, 2.45) is 5.84 Å². The van der Waals surface area contributed by atoms with E-state index in [1.165, 1.54) is 0 Å². The summed E-state index contributed by atoms with van der Waals surface area (Å²) >= 11 is 0. The number of nitrogens with one attached hydrogen (secondary N) is 1. The molecule has 0 aliphatic carbocycles. The Labute approximate surface area is 158 Å². The first-order valence-corrected chi connectivity index (χ1v) is 8.78. The number of amides is 1. The van der Waals surface area contributed by atoms with Crippen molar-refractivity contribution in [1.82, 2.24) is 5.43 Å². The van der Waals surface area contributed by atoms with E-state index in [9.17, 15) is 4.79 Å². The first-order chi connectivity index (χ1) is 13.3. The second kappa shape index (κ2) is 9.40. The van der Waals surface area contributed by atoms with Crippen molar-refractivity contribution in [2.45, 2.75) is 6.42 Å². The standard InChI is InChI=1S/C22H22N2O3/c23-24-22(25)19-9-7-17(8-10-19)18-11-13-21(14-12-18)27-16-4-15-26-20-5-2-1-3-6-20/h1-3,5-14H,4,15-16,23H2,(H,24,25). The van der Waals surface area contributed by atoms with Gasteiger partial charge in [0.1, 0.15) is 11.5 Å². The number of carbonyl (C=O) groups is 1. The van der Waals surface area contributed by atoms with Crippen LogP contribution < -0.4 is 20.7 Å². The Morgan fingerprint density at radius 3 is 1.81 bits per heavy atom. The molecule has 0 atom stereocenters. The Balaban J connectivity index is 1.46. The summed E-state index contributed by atoms with van der Waals surface area (Å²) in [6.07, 6.45) is 0.807. The molecule has 3 N–H and O–H groups in total. The third-order valence-electron chi connectivity index (χ3n) is 4.04. The van der Waals surface area contributed by atoms with Crippen molar-refractivity contribution in [2.75, 3.05) is 13.2 Å². The van der Waals surface area contributed by atoms with Crippen LogP contribution in [0.3, 0.4) is 0 Å². The lowest BCUT2D eigenvalue weighted by atomic mass is 10.0. The highest BCUT2D eigenvalue weighted by atomic mass is 16.5. The quantitative estimate of drug-likeness (QED) is 0.277. The van der Waals surface area contributed by atoms with Crippen molar-refractivity contribution in [3.8, 4) is 22.6 Å². The zero-order chi connectivity index (χ0) is 18.9. The molecule has 0 aromatic heterocycles. The van der Waals surface area contributed by atoms with E-state index >= 15 is 0 Å². The average Bonchev–Trinajstić information content (AvgIpc) is 2.74. The highest BCUT2D eigenvalue weighted by molar-refractivity contribution is 5.94. The number of nitrogen functional groups attached to an aromatic ring is 1. The maximum absolute atomic E-state index is 11.5. The summed E-state index contributed by atoms with van der Waals surface area (Å²) in [5.74, 6) is 6.52. The predicted molar refractivity (Wildman–Crippen MR) is 106 cm³/mol. The van der Waals surface area contributed by atoms with Crippen molar-refractivity contribution in [1.29, 1.82) is 0 Å². The number of nitrogens with two attached hydrogens (primary N) is 1. The van der Waals surface area contributed by atoms with E-state index in [2.05, 4.69) is 5.43 Å². The van der Waals surface area contributed by atoms with Gasteiger partial charge in [0.25, 0.3) is 5.91 Å². The van der Waals surface area contributed by atoms with Crippen LogP contribution in [0.15, 0.2) is 78.9 Å². The molecule has 3 aromatic carbocycles. The molecule has 138 valence electrons. The fourth-order valence-corrected chi connectivity index (χ4v) is 2.60. The van der Waals surface area contributed by atoms with Gasteiger partial charge in [-0.3, -0.25) is 10.2 Å². The summed E-state index contributed by atoms with van der Waals surface area (Å²) in [6, 6.07) is 24.9. The monoisotopic (exact) mass is 362 g/mol. The van der Waals surface area contributed by atoms with E-state index in [1.54, 1.807) is 12.1 Å². The molecular formula is C22H22N2O3. The van der Waals surface area contributed by atoms with Crippen LogP contribution in [0, 0.1) is 0 Å². The summed E-state index contributed by atoms with van der Waals surface area (Å²) in [7, 11) is 0. The first kappa shape index (κ1) is 18.5. The maximum Gasteiger partial charge on any atom is 0.265 e. The molecule has 0 aliphatic rings. The SMILES string of the molecule is NNC(=O)c1ccc(-c2ccc(OCCCOc3ccccc3)cc2)cc1. The van der Waals surface area contributed by atoms with E-state index in [0.29, 0.717) is 18.8 Å². The number of rotatable bonds is 8. The highest BCUT2D eigenvalue weighted by Gasteiger charge is 2.04. The average molecular weight is 362 g/mol. The first-order valence-electron chi connectivity index (χ1n) is 8.78.